The fourth-order valence-corrected chi connectivity index (χ4v) is 7.50. The smallest absolute Gasteiger partial charge is 0.548 e. The Balaban J connectivity index is 0.00000529. The number of aliphatic carboxylic acids is 1. The van der Waals surface area contributed by atoms with Gasteiger partial charge in [0.2, 0.25) is 0 Å². The number of hydrogen-bond acceptors (Lipinski definition) is 6. The maximum Gasteiger partial charge on any atom is 1.00 e. The molecular formula is C36H45LiN2O3S2. The number of rotatable bonds is 15. The minimum atomic E-state index is -1.26. The number of thioether (sulfide) groups is 2. The molecule has 0 aliphatic heterocycles. The Labute approximate surface area is 284 Å². The van der Waals surface area contributed by atoms with Gasteiger partial charge in [-0.05, 0) is 90.6 Å². The van der Waals surface area contributed by atoms with Gasteiger partial charge in [0.25, 0.3) is 5.91 Å². The zero-order chi connectivity index (χ0) is 30.6. The number of hydrogen-bond donors (Lipinski definition) is 2. The molecule has 0 heterocycles. The summed E-state index contributed by atoms with van der Waals surface area (Å²) >= 11 is 3.48. The first-order chi connectivity index (χ1) is 20.9. The first-order valence-electron chi connectivity index (χ1n) is 15.5. The normalized spacial score (nSPS) is 14.8. The first-order valence-corrected chi connectivity index (χ1v) is 17.8. The van der Waals surface area contributed by atoms with Gasteiger partial charge in [-0.25, -0.2) is 0 Å². The third kappa shape index (κ3) is 10.7. The van der Waals surface area contributed by atoms with Crippen molar-refractivity contribution in [1.82, 2.24) is 10.6 Å². The summed E-state index contributed by atoms with van der Waals surface area (Å²) in [7, 11) is 0. The van der Waals surface area contributed by atoms with Crippen molar-refractivity contribution in [2.24, 2.45) is 5.92 Å². The van der Waals surface area contributed by atoms with Crippen LogP contribution in [0.15, 0.2) is 71.6 Å². The summed E-state index contributed by atoms with van der Waals surface area (Å²) in [6.07, 6.45) is 10.1. The molecule has 0 spiro atoms. The molecule has 5 nitrogen and oxygen atoms in total. The van der Waals surface area contributed by atoms with Gasteiger partial charge in [-0.2, -0.15) is 11.8 Å². The molecule has 1 saturated carbocycles. The van der Waals surface area contributed by atoms with Crippen molar-refractivity contribution < 1.29 is 33.6 Å². The molecule has 1 fully saturated rings. The van der Waals surface area contributed by atoms with Crippen molar-refractivity contribution in [3.8, 4) is 11.1 Å². The zero-order valence-electron chi connectivity index (χ0n) is 26.7. The molecule has 0 aromatic heterocycles. The topological polar surface area (TPSA) is 81.3 Å². The third-order valence-corrected chi connectivity index (χ3v) is 10.4. The molecule has 8 heteroatoms. The quantitative estimate of drug-likeness (QED) is 0.198. The van der Waals surface area contributed by atoms with E-state index in [0.29, 0.717) is 30.3 Å². The van der Waals surface area contributed by atoms with Gasteiger partial charge in [-0.3, -0.25) is 4.79 Å². The third-order valence-electron chi connectivity index (χ3n) is 8.44. The first kappa shape index (κ1) is 36.3. The van der Waals surface area contributed by atoms with Gasteiger partial charge in [0.05, 0.1) is 12.0 Å². The van der Waals surface area contributed by atoms with Crippen molar-refractivity contribution in [3.05, 3.63) is 89.0 Å². The van der Waals surface area contributed by atoms with Crippen LogP contribution in [0.25, 0.3) is 11.1 Å². The fraction of sp³-hybridized carbons (Fsp3) is 0.444. The summed E-state index contributed by atoms with van der Waals surface area (Å²) < 4.78 is 0. The molecule has 2 atom stereocenters. The molecule has 3 aromatic rings. The Morgan fingerprint density at radius 1 is 0.932 bits per heavy atom. The van der Waals surface area contributed by atoms with E-state index in [1.54, 1.807) is 11.8 Å². The van der Waals surface area contributed by atoms with Crippen molar-refractivity contribution in [2.45, 2.75) is 82.3 Å². The van der Waals surface area contributed by atoms with Gasteiger partial charge in [0.15, 0.2) is 0 Å². The van der Waals surface area contributed by atoms with Crippen LogP contribution in [0.1, 0.15) is 72.0 Å². The Bertz CT molecular complexity index is 1360. The van der Waals surface area contributed by atoms with Crippen molar-refractivity contribution in [2.75, 3.05) is 17.8 Å². The van der Waals surface area contributed by atoms with Crippen LogP contribution in [0, 0.1) is 19.8 Å². The van der Waals surface area contributed by atoms with E-state index in [-0.39, 0.29) is 18.9 Å². The van der Waals surface area contributed by atoms with Crippen LogP contribution >= 0.6 is 23.5 Å². The van der Waals surface area contributed by atoms with Crippen LogP contribution in [0.4, 0.5) is 0 Å². The van der Waals surface area contributed by atoms with Crippen LogP contribution in [0.3, 0.4) is 0 Å². The molecule has 0 radical (unpaired) electrons. The molecule has 0 saturated heterocycles. The number of aryl methyl sites for hydroxylation is 2. The van der Waals surface area contributed by atoms with Crippen LogP contribution in [-0.2, 0) is 11.3 Å². The molecule has 4 rings (SSSR count). The monoisotopic (exact) mass is 624 g/mol. The fourth-order valence-electron chi connectivity index (χ4n) is 5.92. The zero-order valence-corrected chi connectivity index (χ0v) is 28.3. The van der Waals surface area contributed by atoms with Gasteiger partial charge in [-0.1, -0.05) is 80.6 Å². The van der Waals surface area contributed by atoms with E-state index in [9.17, 15) is 14.7 Å². The molecule has 230 valence electrons. The van der Waals surface area contributed by atoms with E-state index >= 15 is 0 Å². The summed E-state index contributed by atoms with van der Waals surface area (Å²) in [5, 5.41) is 18.3. The number of carboxylic acids is 1. The molecule has 3 aromatic carbocycles. The van der Waals surface area contributed by atoms with E-state index in [0.717, 1.165) is 33.9 Å². The van der Waals surface area contributed by atoms with Gasteiger partial charge < -0.3 is 20.5 Å². The van der Waals surface area contributed by atoms with E-state index in [2.05, 4.69) is 47.9 Å². The Morgan fingerprint density at radius 3 is 2.32 bits per heavy atom. The minimum absolute atomic E-state index is 0. The Morgan fingerprint density at radius 2 is 1.64 bits per heavy atom. The standard InChI is InChI=1S/C36H46N2O3S2.Li/c1-25-11-7-9-15-30(25)32-22-28(17-18-31(32)35(39)38-33(36(40)41)19-20-42-3)23-37-29(21-27-13-5-4-6-14-27)24-43-34-16-10-8-12-26(34)2;/h7-12,15-18,22,27,29,33,37H,4-6,13-14,19-21,23-24H2,1-3H3,(H,38,39)(H,40,41);/q;+1/p-1/t29-,33-;/m0./s1. The van der Waals surface area contributed by atoms with Crippen molar-refractivity contribution in [1.29, 1.82) is 0 Å². The summed E-state index contributed by atoms with van der Waals surface area (Å²) in [5.41, 5.74) is 5.73. The molecule has 44 heavy (non-hydrogen) atoms. The summed E-state index contributed by atoms with van der Waals surface area (Å²) in [4.78, 5) is 26.5. The number of nitrogens with one attached hydrogen (secondary N) is 2. The van der Waals surface area contributed by atoms with Crippen molar-refractivity contribution in [3.63, 3.8) is 0 Å². The van der Waals surface area contributed by atoms with Crippen LogP contribution in [0.5, 0.6) is 0 Å². The average molecular weight is 625 g/mol. The average Bonchev–Trinajstić information content (AvgIpc) is 3.01. The second kappa shape index (κ2) is 18.7. The van der Waals surface area contributed by atoms with Gasteiger partial charge in [-0.15, -0.1) is 11.8 Å². The minimum Gasteiger partial charge on any atom is -0.548 e. The number of amides is 1. The maximum absolute atomic E-state index is 13.4. The molecular weight excluding hydrogens is 579 g/mol. The number of benzene rings is 3. The van der Waals surface area contributed by atoms with E-state index in [1.165, 1.54) is 49.0 Å². The predicted molar refractivity (Wildman–Crippen MR) is 180 cm³/mol. The molecule has 0 bridgehead atoms. The molecule has 0 unspecified atom stereocenters. The molecule has 2 N–H and O–H groups in total. The molecule has 1 aliphatic carbocycles. The van der Waals surface area contributed by atoms with Gasteiger partial charge >= 0.3 is 18.9 Å². The van der Waals surface area contributed by atoms with Gasteiger partial charge in [0.1, 0.15) is 0 Å². The van der Waals surface area contributed by atoms with Crippen LogP contribution in [0.2, 0.25) is 0 Å². The Hall–Kier alpha value is -2.14. The largest absolute Gasteiger partial charge is 1.00 e. The van der Waals surface area contributed by atoms with Crippen LogP contribution in [-0.4, -0.2) is 41.7 Å². The van der Waals surface area contributed by atoms with E-state index < -0.39 is 17.9 Å². The molecule has 1 aliphatic rings. The van der Waals surface area contributed by atoms with E-state index in [4.69, 9.17) is 0 Å². The number of carbonyl (C=O) groups is 2. The summed E-state index contributed by atoms with van der Waals surface area (Å²) in [6, 6.07) is 21.9. The van der Waals surface area contributed by atoms with Crippen LogP contribution < -0.4 is 34.6 Å². The Kier molecular flexibility index (Phi) is 15.5. The summed E-state index contributed by atoms with van der Waals surface area (Å²) in [6.45, 7) is 4.91. The van der Waals surface area contributed by atoms with Gasteiger partial charge in [0, 0.05) is 28.8 Å². The SMILES string of the molecule is CSCC[C@H](NC(=O)c1ccc(CN[C@H](CSc2ccccc2C)CC2CCCCC2)cc1-c1ccccc1C)C(=O)[O-].[Li+]. The number of carbonyl (C=O) groups excluding carboxylic acids is 2. The summed E-state index contributed by atoms with van der Waals surface area (Å²) in [5.74, 6) is 0.747. The maximum atomic E-state index is 13.4. The van der Waals surface area contributed by atoms with Crippen molar-refractivity contribution >= 4 is 35.4 Å². The molecule has 1 amide bonds. The second-order valence-corrected chi connectivity index (χ2v) is 13.8. The number of carboxylic acid groups (broad SMARTS) is 1. The predicted octanol–water partition coefficient (Wildman–Crippen LogP) is 3.80. The van der Waals surface area contributed by atoms with E-state index in [1.807, 2.05) is 61.3 Å². The second-order valence-electron chi connectivity index (χ2n) is 11.7.